The van der Waals surface area contributed by atoms with Gasteiger partial charge in [-0.05, 0) is 0 Å². The summed E-state index contributed by atoms with van der Waals surface area (Å²) in [5, 5.41) is -6.64. The summed E-state index contributed by atoms with van der Waals surface area (Å²) in [6.07, 6.45) is -27.2. The molecule has 0 radical (unpaired) electrons. The van der Waals surface area contributed by atoms with Gasteiger partial charge in [0.25, 0.3) is 0 Å². The van der Waals surface area contributed by atoms with Crippen molar-refractivity contribution >= 4 is 15.3 Å². The number of hydrogen-bond acceptors (Lipinski definition) is 4. The molecular weight excluding hydrogens is 480 g/mol. The van der Waals surface area contributed by atoms with E-state index in [-0.39, 0.29) is 0 Å². The average molecular weight is 480 g/mol. The molecule has 0 spiro atoms. The zero-order chi connectivity index (χ0) is 20.6. The van der Waals surface area contributed by atoms with Crippen LogP contribution >= 0.6 is 0 Å². The second-order valence-corrected chi connectivity index (χ2v) is 6.18. The molecule has 0 saturated carbocycles. The van der Waals surface area contributed by atoms with Crippen LogP contribution in [-0.4, -0.2) is 55.6 Å². The van der Waals surface area contributed by atoms with Crippen LogP contribution in [0.5, 0.6) is 0 Å². The summed E-state index contributed by atoms with van der Waals surface area (Å²) in [5.41, 5.74) is 0. The summed E-state index contributed by atoms with van der Waals surface area (Å²) in [6, 6.07) is 0. The Morgan fingerprint density at radius 3 is 0.760 bits per heavy atom. The van der Waals surface area contributed by atoms with E-state index >= 15 is 0 Å². The Bertz CT molecular complexity index is 372. The van der Waals surface area contributed by atoms with Crippen LogP contribution in [0, 0.1) is 0 Å². The van der Waals surface area contributed by atoms with E-state index < -0.39 is 55.6 Å². The van der Waals surface area contributed by atoms with E-state index in [9.17, 15) is 65.9 Å². The minimum absolute atomic E-state index is 2.30. The SMILES string of the molecule is FC(F)(F)N(O[As](ON(C(F)(F)F)C(F)(F)F)C(F)(F)F)C(F)(F)F. The molecule has 25 heavy (non-hydrogen) atoms. The van der Waals surface area contributed by atoms with Crippen LogP contribution in [0.2, 0.25) is 0 Å². The fourth-order valence-corrected chi connectivity index (χ4v) is 2.58. The van der Waals surface area contributed by atoms with Gasteiger partial charge in [-0.25, -0.2) is 0 Å². The molecule has 0 atom stereocenters. The monoisotopic (exact) mass is 480 g/mol. The number of alkyl halides is 15. The van der Waals surface area contributed by atoms with Crippen LogP contribution in [0.4, 0.5) is 65.9 Å². The maximum absolute atomic E-state index is 12.3. The van der Waals surface area contributed by atoms with E-state index in [2.05, 4.69) is 7.65 Å². The van der Waals surface area contributed by atoms with Crippen molar-refractivity contribution in [2.45, 2.75) is 30.2 Å². The van der Waals surface area contributed by atoms with Crippen molar-refractivity contribution in [1.82, 2.24) is 10.1 Å². The molecule has 0 rings (SSSR count). The van der Waals surface area contributed by atoms with Gasteiger partial charge in [-0.1, -0.05) is 0 Å². The average Bonchev–Trinajstić information content (AvgIpc) is 2.18. The summed E-state index contributed by atoms with van der Waals surface area (Å²) in [5.74, 6) is 0. The van der Waals surface area contributed by atoms with Crippen molar-refractivity contribution in [3.8, 4) is 0 Å². The standard InChI is InChI=1S/C5AsF15N2O2/c7-1(8,9)6(24-22(2(10,11)12)3(13,14)15)25-23(4(16,17)18)5(19,20)21. The first-order valence-electron chi connectivity index (χ1n) is 4.68. The number of halogens is 15. The van der Waals surface area contributed by atoms with Crippen LogP contribution in [0.15, 0.2) is 0 Å². The van der Waals surface area contributed by atoms with Crippen LogP contribution < -0.4 is 0 Å². The van der Waals surface area contributed by atoms with Gasteiger partial charge in [0, 0.05) is 0 Å². The molecule has 4 nitrogen and oxygen atoms in total. The summed E-state index contributed by atoms with van der Waals surface area (Å²) < 4.78 is 185. The van der Waals surface area contributed by atoms with Gasteiger partial charge in [-0.2, -0.15) is 0 Å². The molecule has 0 aliphatic rings. The van der Waals surface area contributed by atoms with Gasteiger partial charge in [0.05, 0.1) is 0 Å². The Morgan fingerprint density at radius 2 is 0.640 bits per heavy atom. The molecule has 0 saturated heterocycles. The molecule has 0 aliphatic heterocycles. The molecule has 0 fully saturated rings. The second kappa shape index (κ2) is 7.16. The van der Waals surface area contributed by atoms with E-state index in [0.717, 1.165) is 0 Å². The van der Waals surface area contributed by atoms with Gasteiger partial charge in [0.2, 0.25) is 0 Å². The third-order valence-electron chi connectivity index (χ3n) is 1.44. The predicted molar refractivity (Wildman–Crippen MR) is 41.9 cm³/mol. The molecule has 0 bridgehead atoms. The zero-order valence-corrected chi connectivity index (χ0v) is 12.2. The third kappa shape index (κ3) is 7.63. The van der Waals surface area contributed by atoms with Crippen LogP contribution in [0.3, 0.4) is 0 Å². The van der Waals surface area contributed by atoms with Gasteiger partial charge in [0.1, 0.15) is 0 Å². The van der Waals surface area contributed by atoms with Crippen LogP contribution in [0.1, 0.15) is 0 Å². The number of hydroxylamine groups is 4. The van der Waals surface area contributed by atoms with Gasteiger partial charge in [0.15, 0.2) is 0 Å². The number of rotatable bonds is 4. The molecule has 0 aliphatic carbocycles. The first-order chi connectivity index (χ1) is 10.6. The molecule has 0 aromatic carbocycles. The molecule has 20 heteroatoms. The summed E-state index contributed by atoms with van der Waals surface area (Å²) in [6.45, 7) is 0. The van der Waals surface area contributed by atoms with Gasteiger partial charge in [-0.3, -0.25) is 0 Å². The van der Waals surface area contributed by atoms with Crippen molar-refractivity contribution in [1.29, 1.82) is 0 Å². The van der Waals surface area contributed by atoms with Crippen LogP contribution in [0.25, 0.3) is 0 Å². The summed E-state index contributed by atoms with van der Waals surface area (Å²) >= 11 is -7.05. The minimum atomic E-state index is -7.05. The molecular formula is C5AsF15N2O2. The van der Waals surface area contributed by atoms with Gasteiger partial charge in [-0.15, -0.1) is 0 Å². The van der Waals surface area contributed by atoms with E-state index in [1.807, 2.05) is 0 Å². The molecule has 0 aromatic heterocycles. The van der Waals surface area contributed by atoms with Crippen molar-refractivity contribution in [3.05, 3.63) is 0 Å². The van der Waals surface area contributed by atoms with Crippen molar-refractivity contribution in [2.24, 2.45) is 0 Å². The first kappa shape index (κ1) is 24.3. The Morgan fingerprint density at radius 1 is 0.440 bits per heavy atom. The zero-order valence-electron chi connectivity index (χ0n) is 10.3. The Labute approximate surface area is 130 Å². The van der Waals surface area contributed by atoms with Crippen molar-refractivity contribution in [2.75, 3.05) is 0 Å². The van der Waals surface area contributed by atoms with Gasteiger partial charge >= 0.3 is 129 Å². The Hall–Kier alpha value is -0.652. The molecule has 0 aromatic rings. The quantitative estimate of drug-likeness (QED) is 0.262. The Kier molecular flexibility index (Phi) is 6.98. The fraction of sp³-hybridized carbons (Fsp3) is 1.00. The molecule has 0 N–H and O–H groups in total. The van der Waals surface area contributed by atoms with Crippen LogP contribution in [-0.2, 0) is 7.65 Å². The molecule has 0 heterocycles. The number of hydrogen-bond donors (Lipinski definition) is 0. The van der Waals surface area contributed by atoms with E-state index in [4.69, 9.17) is 0 Å². The van der Waals surface area contributed by atoms with E-state index in [0.29, 0.717) is 0 Å². The summed E-state index contributed by atoms with van der Waals surface area (Å²) in [7, 11) is 0. The molecule has 0 unspecified atom stereocenters. The normalized spacial score (nSPS) is 15.6. The van der Waals surface area contributed by atoms with Crippen molar-refractivity contribution in [3.63, 3.8) is 0 Å². The van der Waals surface area contributed by atoms with E-state index in [1.54, 1.807) is 0 Å². The van der Waals surface area contributed by atoms with E-state index in [1.165, 1.54) is 0 Å². The predicted octanol–water partition coefficient (Wildman–Crippen LogP) is 4.12. The maximum atomic E-state index is 12.3. The second-order valence-electron chi connectivity index (χ2n) is 3.35. The molecule has 152 valence electrons. The topological polar surface area (TPSA) is 24.9 Å². The summed E-state index contributed by atoms with van der Waals surface area (Å²) in [4.78, 5) is -6.53. The van der Waals surface area contributed by atoms with Crippen molar-refractivity contribution < 1.29 is 73.5 Å². The molecule has 0 amide bonds. The van der Waals surface area contributed by atoms with Gasteiger partial charge < -0.3 is 0 Å². The number of nitrogens with zero attached hydrogens (tertiary/aromatic N) is 2. The fourth-order valence-electron chi connectivity index (χ4n) is 0.728. The first-order valence-corrected chi connectivity index (χ1v) is 7.15. The third-order valence-corrected chi connectivity index (χ3v) is 3.62. The Balaban J connectivity index is 5.82.